The Hall–Kier alpha value is -2.60. The topological polar surface area (TPSA) is 71.2 Å². The van der Waals surface area contributed by atoms with Crippen molar-refractivity contribution in [1.82, 2.24) is 10.3 Å². The average molecular weight is 409 g/mol. The Labute approximate surface area is 175 Å². The Morgan fingerprint density at radius 3 is 2.72 bits per heavy atom. The van der Waals surface area contributed by atoms with Crippen molar-refractivity contribution in [3.8, 4) is 0 Å². The molecule has 6 heteroatoms. The van der Waals surface area contributed by atoms with Crippen LogP contribution in [-0.2, 0) is 6.42 Å². The van der Waals surface area contributed by atoms with Crippen LogP contribution in [0.15, 0.2) is 30.3 Å². The standard InChI is InChI=1S/C23H28N4OS/c1-15-14-18(27-12-4-3-5-13-27)8-7-17(15)10-11-25-22(28)21-20(24)19-9-6-16(2)26-23(19)29-21/h6-9,14H,3-5,10-13,24H2,1-2H3,(H,25,28). The third-order valence-corrected chi connectivity index (χ3v) is 6.78. The summed E-state index contributed by atoms with van der Waals surface area (Å²) in [5, 5.41) is 3.88. The van der Waals surface area contributed by atoms with Gasteiger partial charge in [0.15, 0.2) is 0 Å². The highest BCUT2D eigenvalue weighted by Gasteiger charge is 2.17. The van der Waals surface area contributed by atoms with Crippen LogP contribution in [0.2, 0.25) is 0 Å². The fourth-order valence-electron chi connectivity index (χ4n) is 3.96. The molecule has 2 aromatic heterocycles. The maximum Gasteiger partial charge on any atom is 0.263 e. The molecule has 0 radical (unpaired) electrons. The molecule has 5 nitrogen and oxygen atoms in total. The molecule has 3 aromatic rings. The number of amides is 1. The van der Waals surface area contributed by atoms with Crippen molar-refractivity contribution < 1.29 is 4.79 Å². The number of nitrogens with two attached hydrogens (primary N) is 1. The molecule has 0 bridgehead atoms. The molecule has 3 N–H and O–H groups in total. The van der Waals surface area contributed by atoms with Gasteiger partial charge in [0.2, 0.25) is 0 Å². The number of benzene rings is 1. The number of rotatable bonds is 5. The number of pyridine rings is 1. The van der Waals surface area contributed by atoms with Gasteiger partial charge in [0, 0.05) is 36.4 Å². The van der Waals surface area contributed by atoms with Crippen molar-refractivity contribution in [2.24, 2.45) is 0 Å². The van der Waals surface area contributed by atoms with Crippen molar-refractivity contribution in [1.29, 1.82) is 0 Å². The fourth-order valence-corrected chi connectivity index (χ4v) is 5.01. The van der Waals surface area contributed by atoms with Crippen molar-refractivity contribution in [2.45, 2.75) is 39.5 Å². The predicted octanol–water partition coefficient (Wildman–Crippen LogP) is 4.46. The SMILES string of the molecule is Cc1ccc2c(N)c(C(=O)NCCc3ccc(N4CCCCC4)cc3C)sc2n1. The fraction of sp³-hybridized carbons (Fsp3) is 0.391. The molecular formula is C23H28N4OS. The summed E-state index contributed by atoms with van der Waals surface area (Å²) in [6, 6.07) is 10.6. The van der Waals surface area contributed by atoms with Crippen molar-refractivity contribution in [2.75, 3.05) is 30.3 Å². The Balaban J connectivity index is 1.38. The highest BCUT2D eigenvalue weighted by Crippen LogP contribution is 2.32. The normalized spacial score (nSPS) is 14.3. The maximum atomic E-state index is 12.6. The number of aromatic nitrogens is 1. The summed E-state index contributed by atoms with van der Waals surface area (Å²) in [4.78, 5) is 21.0. The van der Waals surface area contributed by atoms with Crippen LogP contribution in [0, 0.1) is 13.8 Å². The highest BCUT2D eigenvalue weighted by atomic mass is 32.1. The van der Waals surface area contributed by atoms with Gasteiger partial charge in [-0.25, -0.2) is 4.98 Å². The molecule has 1 saturated heterocycles. The van der Waals surface area contributed by atoms with E-state index in [2.05, 4.69) is 40.3 Å². The number of anilines is 2. The molecule has 0 unspecified atom stereocenters. The van der Waals surface area contributed by atoms with E-state index in [4.69, 9.17) is 5.73 Å². The molecule has 0 atom stereocenters. The number of nitrogen functional groups attached to an aromatic ring is 1. The summed E-state index contributed by atoms with van der Waals surface area (Å²) in [6.07, 6.45) is 4.71. The molecule has 0 saturated carbocycles. The molecule has 0 aliphatic carbocycles. The molecule has 1 aliphatic rings. The first-order valence-corrected chi connectivity index (χ1v) is 11.1. The molecule has 152 valence electrons. The van der Waals surface area contributed by atoms with Crippen molar-refractivity contribution in [3.63, 3.8) is 0 Å². The number of thiophene rings is 1. The van der Waals surface area contributed by atoms with E-state index >= 15 is 0 Å². The van der Waals surface area contributed by atoms with Crippen molar-refractivity contribution in [3.05, 3.63) is 52.0 Å². The summed E-state index contributed by atoms with van der Waals surface area (Å²) >= 11 is 1.36. The van der Waals surface area contributed by atoms with Gasteiger partial charge >= 0.3 is 0 Å². The van der Waals surface area contributed by atoms with Gasteiger partial charge in [-0.05, 0) is 74.9 Å². The lowest BCUT2D eigenvalue weighted by atomic mass is 10.0. The first-order valence-electron chi connectivity index (χ1n) is 10.3. The van der Waals surface area contributed by atoms with E-state index in [1.165, 1.54) is 47.4 Å². The summed E-state index contributed by atoms with van der Waals surface area (Å²) < 4.78 is 0. The smallest absolute Gasteiger partial charge is 0.263 e. The first kappa shape index (κ1) is 19.7. The first-order chi connectivity index (χ1) is 14.0. The van der Waals surface area contributed by atoms with Gasteiger partial charge in [0.1, 0.15) is 9.71 Å². The Kier molecular flexibility index (Phi) is 5.72. The van der Waals surface area contributed by atoms with Gasteiger partial charge in [-0.2, -0.15) is 0 Å². The second-order valence-electron chi connectivity index (χ2n) is 7.81. The molecular weight excluding hydrogens is 380 g/mol. The molecule has 1 amide bonds. The summed E-state index contributed by atoms with van der Waals surface area (Å²) in [7, 11) is 0. The van der Waals surface area contributed by atoms with Crippen LogP contribution < -0.4 is 16.0 Å². The summed E-state index contributed by atoms with van der Waals surface area (Å²) in [5.41, 5.74) is 11.5. The van der Waals surface area contributed by atoms with Gasteiger partial charge in [0.25, 0.3) is 5.91 Å². The molecule has 0 spiro atoms. The quantitative estimate of drug-likeness (QED) is 0.654. The van der Waals surface area contributed by atoms with E-state index < -0.39 is 0 Å². The Morgan fingerprint density at radius 2 is 1.97 bits per heavy atom. The minimum absolute atomic E-state index is 0.120. The van der Waals surface area contributed by atoms with Crippen LogP contribution in [0.5, 0.6) is 0 Å². The average Bonchev–Trinajstić information content (AvgIpc) is 3.05. The summed E-state index contributed by atoms with van der Waals surface area (Å²) in [6.45, 7) is 6.99. The second-order valence-corrected chi connectivity index (χ2v) is 8.81. The number of nitrogens with zero attached hydrogens (tertiary/aromatic N) is 2. The maximum absolute atomic E-state index is 12.6. The zero-order valence-electron chi connectivity index (χ0n) is 17.1. The molecule has 1 aliphatic heterocycles. The van der Waals surface area contributed by atoms with Gasteiger partial charge in [0.05, 0.1) is 5.69 Å². The van der Waals surface area contributed by atoms with E-state index in [9.17, 15) is 4.79 Å². The number of carbonyl (C=O) groups is 1. The van der Waals surface area contributed by atoms with E-state index in [0.717, 1.165) is 35.4 Å². The third kappa shape index (κ3) is 4.22. The molecule has 1 fully saturated rings. The van der Waals surface area contributed by atoms with Crippen molar-refractivity contribution >= 4 is 38.8 Å². The van der Waals surface area contributed by atoms with Crippen LogP contribution >= 0.6 is 11.3 Å². The lowest BCUT2D eigenvalue weighted by molar-refractivity contribution is 0.0959. The number of aryl methyl sites for hydroxylation is 2. The van der Waals surface area contributed by atoms with Crippen LogP contribution in [0.25, 0.3) is 10.2 Å². The van der Waals surface area contributed by atoms with E-state index in [-0.39, 0.29) is 5.91 Å². The lowest BCUT2D eigenvalue weighted by Crippen LogP contribution is -2.29. The molecule has 3 heterocycles. The van der Waals surface area contributed by atoms with Crippen LogP contribution in [0.3, 0.4) is 0 Å². The van der Waals surface area contributed by atoms with Gasteiger partial charge in [-0.15, -0.1) is 11.3 Å². The number of piperidine rings is 1. The van der Waals surface area contributed by atoms with Gasteiger partial charge in [-0.1, -0.05) is 6.07 Å². The van der Waals surface area contributed by atoms with E-state index in [1.54, 1.807) is 0 Å². The highest BCUT2D eigenvalue weighted by molar-refractivity contribution is 7.21. The number of hydrogen-bond acceptors (Lipinski definition) is 5. The molecule has 29 heavy (non-hydrogen) atoms. The zero-order chi connectivity index (χ0) is 20.4. The minimum atomic E-state index is -0.120. The number of carbonyl (C=O) groups excluding carboxylic acids is 1. The molecule has 4 rings (SSSR count). The van der Waals surface area contributed by atoms with Gasteiger partial charge < -0.3 is 16.0 Å². The van der Waals surface area contributed by atoms with E-state index in [1.807, 2.05) is 19.1 Å². The van der Waals surface area contributed by atoms with Crippen LogP contribution in [0.1, 0.15) is 45.8 Å². The predicted molar refractivity (Wildman–Crippen MR) is 122 cm³/mol. The third-order valence-electron chi connectivity index (χ3n) is 5.67. The Bertz CT molecular complexity index is 1040. The summed E-state index contributed by atoms with van der Waals surface area (Å²) in [5.74, 6) is -0.120. The van der Waals surface area contributed by atoms with Gasteiger partial charge in [-0.3, -0.25) is 4.79 Å². The van der Waals surface area contributed by atoms with Crippen LogP contribution in [-0.4, -0.2) is 30.5 Å². The Morgan fingerprint density at radius 1 is 1.17 bits per heavy atom. The number of hydrogen-bond donors (Lipinski definition) is 2. The van der Waals surface area contributed by atoms with Crippen LogP contribution in [0.4, 0.5) is 11.4 Å². The number of nitrogens with one attached hydrogen (secondary N) is 1. The molecule has 1 aromatic carbocycles. The minimum Gasteiger partial charge on any atom is -0.397 e. The van der Waals surface area contributed by atoms with E-state index in [0.29, 0.717) is 17.1 Å². The monoisotopic (exact) mass is 408 g/mol. The largest absolute Gasteiger partial charge is 0.397 e. The lowest BCUT2D eigenvalue weighted by Gasteiger charge is -2.29. The zero-order valence-corrected chi connectivity index (χ0v) is 17.9. The second kappa shape index (κ2) is 8.41. The number of fused-ring (bicyclic) bond motifs is 1.